The molecule has 2 fully saturated rings. The summed E-state index contributed by atoms with van der Waals surface area (Å²) in [5, 5.41) is 2.97. The normalized spacial score (nSPS) is 28.3. The fourth-order valence-electron chi connectivity index (χ4n) is 3.69. The van der Waals surface area contributed by atoms with Gasteiger partial charge in [-0.25, -0.2) is 4.98 Å². The van der Waals surface area contributed by atoms with Gasteiger partial charge in [0.15, 0.2) is 0 Å². The van der Waals surface area contributed by atoms with Crippen molar-refractivity contribution in [3.8, 4) is 5.69 Å². The summed E-state index contributed by atoms with van der Waals surface area (Å²) in [7, 11) is 0. The standard InChI is InChI=1S/C18H22N4O2/c1-12-13(2)22(11-20-12)15-5-3-14(4-6-15)21-16(23)18-8-7-17(19,9-18)10-24-18/h3-6,11H,7-10,19H2,1-2H3,(H,21,23). The summed E-state index contributed by atoms with van der Waals surface area (Å²) < 4.78 is 7.77. The summed E-state index contributed by atoms with van der Waals surface area (Å²) >= 11 is 0. The van der Waals surface area contributed by atoms with Crippen LogP contribution in [0.15, 0.2) is 30.6 Å². The third-order valence-electron chi connectivity index (χ3n) is 5.37. The molecule has 0 radical (unpaired) electrons. The number of nitrogens with two attached hydrogens (primary N) is 1. The Hall–Kier alpha value is -2.18. The smallest absolute Gasteiger partial charge is 0.256 e. The van der Waals surface area contributed by atoms with Crippen molar-refractivity contribution < 1.29 is 9.53 Å². The topological polar surface area (TPSA) is 82.2 Å². The van der Waals surface area contributed by atoms with Gasteiger partial charge in [0.2, 0.25) is 0 Å². The molecule has 1 aromatic carbocycles. The Morgan fingerprint density at radius 3 is 2.54 bits per heavy atom. The van der Waals surface area contributed by atoms with Crippen LogP contribution in [0.3, 0.4) is 0 Å². The number of rotatable bonds is 3. The van der Waals surface area contributed by atoms with E-state index in [9.17, 15) is 4.79 Å². The lowest BCUT2D eigenvalue weighted by Crippen LogP contribution is -2.41. The highest BCUT2D eigenvalue weighted by Crippen LogP contribution is 2.46. The first-order chi connectivity index (χ1) is 11.4. The van der Waals surface area contributed by atoms with Crippen LogP contribution in [0.4, 0.5) is 5.69 Å². The van der Waals surface area contributed by atoms with Gasteiger partial charge in [-0.3, -0.25) is 4.79 Å². The zero-order valence-corrected chi connectivity index (χ0v) is 14.0. The maximum absolute atomic E-state index is 12.6. The quantitative estimate of drug-likeness (QED) is 0.905. The fraction of sp³-hybridized carbons (Fsp3) is 0.444. The Kier molecular flexibility index (Phi) is 3.30. The third kappa shape index (κ3) is 2.34. The molecular formula is C18H22N4O2. The summed E-state index contributed by atoms with van der Waals surface area (Å²) in [6, 6.07) is 7.74. The number of amides is 1. The number of imidazole rings is 1. The summed E-state index contributed by atoms with van der Waals surface area (Å²) in [4.78, 5) is 17.0. The van der Waals surface area contributed by atoms with E-state index >= 15 is 0 Å². The van der Waals surface area contributed by atoms with Crippen LogP contribution in [0, 0.1) is 13.8 Å². The minimum Gasteiger partial charge on any atom is -0.363 e. The van der Waals surface area contributed by atoms with E-state index in [4.69, 9.17) is 10.5 Å². The molecule has 6 heteroatoms. The molecule has 24 heavy (non-hydrogen) atoms. The second-order valence-corrected chi connectivity index (χ2v) is 7.11. The van der Waals surface area contributed by atoms with Crippen molar-refractivity contribution >= 4 is 11.6 Å². The second-order valence-electron chi connectivity index (χ2n) is 7.11. The molecule has 4 rings (SSSR count). The SMILES string of the molecule is Cc1ncn(-c2ccc(NC(=O)C34CCC(N)(CO3)C4)cc2)c1C. The zero-order chi connectivity index (χ0) is 16.9. The van der Waals surface area contributed by atoms with Gasteiger partial charge in [-0.1, -0.05) is 0 Å². The molecule has 1 aromatic heterocycles. The number of hydrogen-bond acceptors (Lipinski definition) is 4. The molecule has 2 aliphatic rings. The molecule has 2 unspecified atom stereocenters. The molecular weight excluding hydrogens is 304 g/mol. The molecule has 126 valence electrons. The summed E-state index contributed by atoms with van der Waals surface area (Å²) in [6.07, 6.45) is 3.96. The van der Waals surface area contributed by atoms with Crippen LogP contribution >= 0.6 is 0 Å². The van der Waals surface area contributed by atoms with E-state index in [1.165, 1.54) is 0 Å². The zero-order valence-electron chi connectivity index (χ0n) is 14.0. The molecule has 2 heterocycles. The van der Waals surface area contributed by atoms with Crippen molar-refractivity contribution in [2.75, 3.05) is 11.9 Å². The van der Waals surface area contributed by atoms with Gasteiger partial charge in [0.05, 0.1) is 18.6 Å². The second kappa shape index (κ2) is 5.16. The molecule has 2 bridgehead atoms. The molecule has 1 aliphatic carbocycles. The predicted molar refractivity (Wildman–Crippen MR) is 91.1 cm³/mol. The summed E-state index contributed by atoms with van der Waals surface area (Å²) in [5.41, 5.74) is 9.03. The van der Waals surface area contributed by atoms with Crippen molar-refractivity contribution in [3.05, 3.63) is 42.0 Å². The highest BCUT2D eigenvalue weighted by molar-refractivity contribution is 5.98. The average Bonchev–Trinajstić information content (AvgIpc) is 3.21. The maximum Gasteiger partial charge on any atom is 0.256 e. The molecule has 3 N–H and O–H groups in total. The van der Waals surface area contributed by atoms with Crippen molar-refractivity contribution in [2.24, 2.45) is 5.73 Å². The first-order valence-corrected chi connectivity index (χ1v) is 8.26. The molecule has 1 saturated heterocycles. The third-order valence-corrected chi connectivity index (χ3v) is 5.37. The monoisotopic (exact) mass is 326 g/mol. The molecule has 6 nitrogen and oxygen atoms in total. The number of aryl methyl sites for hydroxylation is 1. The van der Waals surface area contributed by atoms with Gasteiger partial charge >= 0.3 is 0 Å². The lowest BCUT2D eigenvalue weighted by Gasteiger charge is -2.26. The fourth-order valence-corrected chi connectivity index (χ4v) is 3.69. The van der Waals surface area contributed by atoms with E-state index < -0.39 is 5.60 Å². The lowest BCUT2D eigenvalue weighted by atomic mass is 9.99. The van der Waals surface area contributed by atoms with Gasteiger partial charge in [-0.2, -0.15) is 0 Å². The first-order valence-electron chi connectivity index (χ1n) is 8.26. The van der Waals surface area contributed by atoms with Crippen LogP contribution in [0.25, 0.3) is 5.69 Å². The Balaban J connectivity index is 1.50. The molecule has 1 amide bonds. The predicted octanol–water partition coefficient (Wildman–Crippen LogP) is 2.08. The number of nitrogens with zero attached hydrogens (tertiary/aromatic N) is 2. The van der Waals surface area contributed by atoms with Gasteiger partial charge in [0.1, 0.15) is 5.60 Å². The van der Waals surface area contributed by atoms with Gasteiger partial charge < -0.3 is 20.4 Å². The number of anilines is 1. The van der Waals surface area contributed by atoms with Gasteiger partial charge in [0, 0.05) is 29.0 Å². The van der Waals surface area contributed by atoms with Gasteiger partial charge in [-0.05, 0) is 51.0 Å². The minimum atomic E-state index is -0.745. The number of nitrogens with one attached hydrogen (secondary N) is 1. The van der Waals surface area contributed by atoms with E-state index in [1.807, 2.05) is 49.0 Å². The highest BCUT2D eigenvalue weighted by atomic mass is 16.5. The van der Waals surface area contributed by atoms with Crippen molar-refractivity contribution in [1.82, 2.24) is 9.55 Å². The molecule has 2 aromatic rings. The average molecular weight is 326 g/mol. The lowest BCUT2D eigenvalue weighted by molar-refractivity contribution is -0.137. The molecule has 2 atom stereocenters. The Morgan fingerprint density at radius 2 is 2.04 bits per heavy atom. The number of carbonyl (C=O) groups is 1. The first kappa shape index (κ1) is 15.4. The molecule has 1 saturated carbocycles. The van der Waals surface area contributed by atoms with Crippen molar-refractivity contribution in [1.29, 1.82) is 0 Å². The van der Waals surface area contributed by atoms with E-state index in [0.717, 1.165) is 29.2 Å². The van der Waals surface area contributed by atoms with Crippen LogP contribution < -0.4 is 11.1 Å². The number of benzene rings is 1. The largest absolute Gasteiger partial charge is 0.363 e. The van der Waals surface area contributed by atoms with Crippen molar-refractivity contribution in [2.45, 2.75) is 44.2 Å². The Labute approximate surface area is 141 Å². The summed E-state index contributed by atoms with van der Waals surface area (Å²) in [5.74, 6) is -0.0882. The highest BCUT2D eigenvalue weighted by Gasteiger charge is 2.58. The number of fused-ring (bicyclic) bond motifs is 2. The van der Waals surface area contributed by atoms with Crippen LogP contribution in [0.5, 0.6) is 0 Å². The van der Waals surface area contributed by atoms with Crippen LogP contribution in [0.1, 0.15) is 30.7 Å². The van der Waals surface area contributed by atoms with Gasteiger partial charge in [0.25, 0.3) is 5.91 Å². The number of carbonyl (C=O) groups excluding carboxylic acids is 1. The molecule has 0 spiro atoms. The Bertz CT molecular complexity index is 786. The summed E-state index contributed by atoms with van der Waals surface area (Å²) in [6.45, 7) is 4.49. The minimum absolute atomic E-state index is 0.0882. The van der Waals surface area contributed by atoms with E-state index in [0.29, 0.717) is 19.4 Å². The Morgan fingerprint density at radius 1 is 1.29 bits per heavy atom. The van der Waals surface area contributed by atoms with E-state index in [2.05, 4.69) is 10.3 Å². The van der Waals surface area contributed by atoms with Crippen LogP contribution in [0.2, 0.25) is 0 Å². The van der Waals surface area contributed by atoms with Gasteiger partial charge in [-0.15, -0.1) is 0 Å². The van der Waals surface area contributed by atoms with E-state index in [-0.39, 0.29) is 11.4 Å². The van der Waals surface area contributed by atoms with Crippen LogP contribution in [-0.4, -0.2) is 33.2 Å². The number of aromatic nitrogens is 2. The number of ether oxygens (including phenoxy) is 1. The maximum atomic E-state index is 12.6. The molecule has 1 aliphatic heterocycles. The van der Waals surface area contributed by atoms with Crippen LogP contribution in [-0.2, 0) is 9.53 Å². The number of hydrogen-bond donors (Lipinski definition) is 2. The van der Waals surface area contributed by atoms with E-state index in [1.54, 1.807) is 0 Å². The van der Waals surface area contributed by atoms with Crippen molar-refractivity contribution in [3.63, 3.8) is 0 Å².